The number of nitrogens with zero attached hydrogens (tertiary/aromatic N) is 1. The fourth-order valence-electron chi connectivity index (χ4n) is 4.12. The second-order valence-electron chi connectivity index (χ2n) is 7.76. The highest BCUT2D eigenvalue weighted by Gasteiger charge is 2.34. The SMILES string of the molecule is CCc1ccc(C(=O)N2CCCC(C)(Cc3ccc4c(c3)OCO4)C2)[nH]1. The van der Waals surface area contributed by atoms with E-state index >= 15 is 0 Å². The summed E-state index contributed by atoms with van der Waals surface area (Å²) in [5, 5.41) is 0. The molecular formula is C21H26N2O3. The molecule has 2 aliphatic rings. The summed E-state index contributed by atoms with van der Waals surface area (Å²) in [4.78, 5) is 18.1. The first kappa shape index (κ1) is 17.0. The quantitative estimate of drug-likeness (QED) is 0.909. The number of amides is 1. The number of aromatic amines is 1. The van der Waals surface area contributed by atoms with Crippen LogP contribution in [-0.2, 0) is 12.8 Å². The van der Waals surface area contributed by atoms with Crippen LogP contribution in [-0.4, -0.2) is 35.7 Å². The second kappa shape index (κ2) is 6.71. The Balaban J connectivity index is 1.47. The average molecular weight is 354 g/mol. The summed E-state index contributed by atoms with van der Waals surface area (Å²) in [6.07, 6.45) is 4.00. The molecule has 3 heterocycles. The van der Waals surface area contributed by atoms with Gasteiger partial charge in [0.25, 0.3) is 5.91 Å². The summed E-state index contributed by atoms with van der Waals surface area (Å²) >= 11 is 0. The predicted molar refractivity (Wildman–Crippen MR) is 99.7 cm³/mol. The third-order valence-electron chi connectivity index (χ3n) is 5.49. The number of hydrogen-bond donors (Lipinski definition) is 1. The van der Waals surface area contributed by atoms with Crippen molar-refractivity contribution in [2.24, 2.45) is 5.41 Å². The zero-order chi connectivity index (χ0) is 18.1. The van der Waals surface area contributed by atoms with Gasteiger partial charge >= 0.3 is 0 Å². The molecule has 0 spiro atoms. The Morgan fingerprint density at radius 2 is 2.08 bits per heavy atom. The van der Waals surface area contributed by atoms with Crippen LogP contribution in [0.15, 0.2) is 30.3 Å². The molecular weight excluding hydrogens is 328 g/mol. The molecule has 0 saturated carbocycles. The van der Waals surface area contributed by atoms with Gasteiger partial charge in [0.1, 0.15) is 5.69 Å². The molecule has 2 aliphatic heterocycles. The van der Waals surface area contributed by atoms with E-state index in [0.717, 1.165) is 56.0 Å². The lowest BCUT2D eigenvalue weighted by Gasteiger charge is -2.40. The third kappa shape index (κ3) is 3.30. The van der Waals surface area contributed by atoms with E-state index in [9.17, 15) is 4.79 Å². The summed E-state index contributed by atoms with van der Waals surface area (Å²) in [6.45, 7) is 6.28. The molecule has 1 saturated heterocycles. The van der Waals surface area contributed by atoms with Crippen molar-refractivity contribution < 1.29 is 14.3 Å². The number of piperidine rings is 1. The zero-order valence-corrected chi connectivity index (χ0v) is 15.5. The topological polar surface area (TPSA) is 54.6 Å². The molecule has 1 aromatic carbocycles. The van der Waals surface area contributed by atoms with Crippen LogP contribution in [0.2, 0.25) is 0 Å². The highest BCUT2D eigenvalue weighted by molar-refractivity contribution is 5.92. The molecule has 1 atom stereocenters. The molecule has 1 N–H and O–H groups in total. The predicted octanol–water partition coefficient (Wildman–Crippen LogP) is 3.79. The number of H-pyrrole nitrogens is 1. The number of hydrogen-bond acceptors (Lipinski definition) is 3. The van der Waals surface area contributed by atoms with Crippen LogP contribution in [0.5, 0.6) is 11.5 Å². The number of carbonyl (C=O) groups is 1. The molecule has 1 aromatic heterocycles. The number of ether oxygens (including phenoxy) is 2. The van der Waals surface area contributed by atoms with Crippen molar-refractivity contribution in [3.8, 4) is 11.5 Å². The number of nitrogens with one attached hydrogen (secondary N) is 1. The minimum absolute atomic E-state index is 0.0712. The molecule has 1 unspecified atom stereocenters. The van der Waals surface area contributed by atoms with E-state index in [4.69, 9.17) is 9.47 Å². The van der Waals surface area contributed by atoms with Gasteiger partial charge < -0.3 is 19.4 Å². The molecule has 4 rings (SSSR count). The van der Waals surface area contributed by atoms with Crippen LogP contribution < -0.4 is 9.47 Å². The van der Waals surface area contributed by atoms with E-state index in [1.807, 2.05) is 23.1 Å². The number of benzene rings is 1. The maximum atomic E-state index is 12.9. The van der Waals surface area contributed by atoms with Crippen LogP contribution >= 0.6 is 0 Å². The van der Waals surface area contributed by atoms with Gasteiger partial charge in [-0.1, -0.05) is 19.9 Å². The first-order valence-electron chi connectivity index (χ1n) is 9.42. The first-order valence-corrected chi connectivity index (χ1v) is 9.42. The summed E-state index contributed by atoms with van der Waals surface area (Å²) in [7, 11) is 0. The normalized spacial score (nSPS) is 21.8. The van der Waals surface area contributed by atoms with E-state index < -0.39 is 0 Å². The molecule has 0 radical (unpaired) electrons. The van der Waals surface area contributed by atoms with E-state index in [-0.39, 0.29) is 11.3 Å². The summed E-state index contributed by atoms with van der Waals surface area (Å²) in [5.41, 5.74) is 3.11. The van der Waals surface area contributed by atoms with Gasteiger partial charge in [0.15, 0.2) is 11.5 Å². The van der Waals surface area contributed by atoms with Crippen molar-refractivity contribution in [2.45, 2.75) is 39.5 Å². The summed E-state index contributed by atoms with van der Waals surface area (Å²) < 4.78 is 10.9. The fraction of sp³-hybridized carbons (Fsp3) is 0.476. The standard InChI is InChI=1S/C21H26N2O3/c1-3-16-6-7-17(22-16)20(24)23-10-4-9-21(2,13-23)12-15-5-8-18-19(11-15)26-14-25-18/h5-8,11,22H,3-4,9-10,12-14H2,1-2H3. The van der Waals surface area contributed by atoms with Crippen molar-refractivity contribution in [1.82, 2.24) is 9.88 Å². The van der Waals surface area contributed by atoms with E-state index in [1.54, 1.807) is 0 Å². The van der Waals surface area contributed by atoms with Crippen molar-refractivity contribution in [2.75, 3.05) is 19.9 Å². The molecule has 138 valence electrons. The second-order valence-corrected chi connectivity index (χ2v) is 7.76. The summed E-state index contributed by atoms with van der Waals surface area (Å²) in [6, 6.07) is 10.1. The van der Waals surface area contributed by atoms with Crippen LogP contribution in [0.25, 0.3) is 0 Å². The third-order valence-corrected chi connectivity index (χ3v) is 5.49. The van der Waals surface area contributed by atoms with Crippen LogP contribution in [0.3, 0.4) is 0 Å². The lowest BCUT2D eigenvalue weighted by atomic mass is 9.77. The van der Waals surface area contributed by atoms with E-state index in [1.165, 1.54) is 5.56 Å². The van der Waals surface area contributed by atoms with Crippen molar-refractivity contribution in [3.63, 3.8) is 0 Å². The Hall–Kier alpha value is -2.43. The number of carbonyl (C=O) groups excluding carboxylic acids is 1. The molecule has 1 amide bonds. The largest absolute Gasteiger partial charge is 0.454 e. The summed E-state index contributed by atoms with van der Waals surface area (Å²) in [5.74, 6) is 1.76. The smallest absolute Gasteiger partial charge is 0.270 e. The van der Waals surface area contributed by atoms with E-state index in [0.29, 0.717) is 12.5 Å². The lowest BCUT2D eigenvalue weighted by molar-refractivity contribution is 0.0545. The Bertz CT molecular complexity index is 813. The van der Waals surface area contributed by atoms with Gasteiger partial charge in [-0.05, 0) is 60.9 Å². The van der Waals surface area contributed by atoms with Gasteiger partial charge in [0.05, 0.1) is 0 Å². The van der Waals surface area contributed by atoms with Crippen molar-refractivity contribution in [1.29, 1.82) is 0 Å². The molecule has 5 nitrogen and oxygen atoms in total. The number of likely N-dealkylation sites (tertiary alicyclic amines) is 1. The number of aromatic nitrogens is 1. The van der Waals surface area contributed by atoms with Crippen molar-refractivity contribution in [3.05, 3.63) is 47.3 Å². The highest BCUT2D eigenvalue weighted by atomic mass is 16.7. The van der Waals surface area contributed by atoms with Gasteiger partial charge in [0.2, 0.25) is 6.79 Å². The first-order chi connectivity index (χ1) is 12.6. The maximum Gasteiger partial charge on any atom is 0.270 e. The minimum atomic E-state index is 0.0712. The van der Waals surface area contributed by atoms with Crippen LogP contribution in [0.4, 0.5) is 0 Å². The average Bonchev–Trinajstić information content (AvgIpc) is 3.29. The van der Waals surface area contributed by atoms with Gasteiger partial charge in [-0.2, -0.15) is 0 Å². The Morgan fingerprint density at radius 1 is 1.23 bits per heavy atom. The zero-order valence-electron chi connectivity index (χ0n) is 15.5. The fourth-order valence-corrected chi connectivity index (χ4v) is 4.12. The minimum Gasteiger partial charge on any atom is -0.454 e. The molecule has 0 aliphatic carbocycles. The highest BCUT2D eigenvalue weighted by Crippen LogP contribution is 2.37. The van der Waals surface area contributed by atoms with Crippen LogP contribution in [0, 0.1) is 5.41 Å². The van der Waals surface area contributed by atoms with Gasteiger partial charge in [-0.15, -0.1) is 0 Å². The van der Waals surface area contributed by atoms with Gasteiger partial charge in [-0.25, -0.2) is 0 Å². The number of aryl methyl sites for hydroxylation is 1. The Labute approximate surface area is 154 Å². The molecule has 0 bridgehead atoms. The maximum absolute atomic E-state index is 12.9. The van der Waals surface area contributed by atoms with Crippen molar-refractivity contribution >= 4 is 5.91 Å². The van der Waals surface area contributed by atoms with Gasteiger partial charge in [0, 0.05) is 18.8 Å². The number of fused-ring (bicyclic) bond motifs is 1. The Kier molecular flexibility index (Phi) is 4.39. The molecule has 2 aromatic rings. The van der Waals surface area contributed by atoms with E-state index in [2.05, 4.69) is 31.0 Å². The van der Waals surface area contributed by atoms with Gasteiger partial charge in [-0.3, -0.25) is 4.79 Å². The van der Waals surface area contributed by atoms with Crippen LogP contribution in [0.1, 0.15) is 48.4 Å². The molecule has 26 heavy (non-hydrogen) atoms. The molecule has 5 heteroatoms. The monoisotopic (exact) mass is 354 g/mol. The lowest BCUT2D eigenvalue weighted by Crippen LogP contribution is -2.45. The molecule has 1 fully saturated rings. The Morgan fingerprint density at radius 3 is 2.88 bits per heavy atom. The number of rotatable bonds is 4.